The molecular formula is C15H24N4O3S. The lowest BCUT2D eigenvalue weighted by Crippen LogP contribution is -2.47. The third kappa shape index (κ3) is 5.87. The van der Waals surface area contributed by atoms with Gasteiger partial charge in [0.1, 0.15) is 5.76 Å². The molecule has 23 heavy (non-hydrogen) atoms. The lowest BCUT2D eigenvalue weighted by molar-refractivity contribution is -0.119. The quantitative estimate of drug-likeness (QED) is 0.722. The Balaban J connectivity index is 1.69. The fourth-order valence-corrected chi connectivity index (χ4v) is 3.16. The van der Waals surface area contributed by atoms with Crippen molar-refractivity contribution in [1.29, 1.82) is 0 Å². The van der Waals surface area contributed by atoms with Crippen molar-refractivity contribution in [2.24, 2.45) is 0 Å². The van der Waals surface area contributed by atoms with Crippen LogP contribution in [0.3, 0.4) is 0 Å². The molecule has 1 aliphatic heterocycles. The first kappa shape index (κ1) is 17.8. The number of aryl methyl sites for hydroxylation is 1. The number of carbonyl (C=O) groups excluding carboxylic acids is 2. The molecule has 0 saturated carbocycles. The number of piperidine rings is 1. The SMILES string of the molecule is Cc1cc(NC(=O)C(C)SCC(=O)NC2CCNC(C)C2)no1. The van der Waals surface area contributed by atoms with E-state index in [0.717, 1.165) is 19.4 Å². The molecule has 0 bridgehead atoms. The largest absolute Gasteiger partial charge is 0.360 e. The van der Waals surface area contributed by atoms with Crippen molar-refractivity contribution in [3.63, 3.8) is 0 Å². The maximum atomic E-state index is 12.0. The molecule has 2 heterocycles. The molecule has 1 aromatic heterocycles. The summed E-state index contributed by atoms with van der Waals surface area (Å²) in [6.07, 6.45) is 1.89. The highest BCUT2D eigenvalue weighted by Crippen LogP contribution is 2.15. The average molecular weight is 340 g/mol. The van der Waals surface area contributed by atoms with Gasteiger partial charge in [-0.3, -0.25) is 9.59 Å². The molecule has 0 aromatic carbocycles. The van der Waals surface area contributed by atoms with Crippen LogP contribution < -0.4 is 16.0 Å². The molecule has 1 aromatic rings. The Bertz CT molecular complexity index is 549. The second kappa shape index (κ2) is 8.35. The summed E-state index contributed by atoms with van der Waals surface area (Å²) in [7, 11) is 0. The minimum Gasteiger partial charge on any atom is -0.360 e. The molecule has 7 nitrogen and oxygen atoms in total. The zero-order valence-electron chi connectivity index (χ0n) is 13.7. The van der Waals surface area contributed by atoms with Gasteiger partial charge in [0.05, 0.1) is 11.0 Å². The van der Waals surface area contributed by atoms with Crippen molar-refractivity contribution in [2.45, 2.75) is 50.9 Å². The van der Waals surface area contributed by atoms with E-state index >= 15 is 0 Å². The standard InChI is InChI=1S/C15H24N4O3S/c1-9-6-12(4-5-16-9)17-14(20)8-23-11(3)15(21)18-13-7-10(2)22-19-13/h7,9,11-12,16H,4-6,8H2,1-3H3,(H,17,20)(H,18,19,21). The molecule has 128 valence electrons. The van der Waals surface area contributed by atoms with Crippen molar-refractivity contribution in [1.82, 2.24) is 15.8 Å². The number of hydrogen-bond acceptors (Lipinski definition) is 6. The summed E-state index contributed by atoms with van der Waals surface area (Å²) in [5.41, 5.74) is 0. The Morgan fingerprint density at radius 1 is 1.57 bits per heavy atom. The molecule has 2 amide bonds. The van der Waals surface area contributed by atoms with E-state index in [1.165, 1.54) is 11.8 Å². The highest BCUT2D eigenvalue weighted by molar-refractivity contribution is 8.01. The maximum Gasteiger partial charge on any atom is 0.238 e. The van der Waals surface area contributed by atoms with Gasteiger partial charge in [-0.2, -0.15) is 0 Å². The van der Waals surface area contributed by atoms with Crippen LogP contribution >= 0.6 is 11.8 Å². The summed E-state index contributed by atoms with van der Waals surface area (Å²) in [5, 5.41) is 12.4. The molecular weight excluding hydrogens is 316 g/mol. The topological polar surface area (TPSA) is 96.3 Å². The van der Waals surface area contributed by atoms with Crippen LogP contribution in [0.1, 0.15) is 32.4 Å². The van der Waals surface area contributed by atoms with E-state index in [-0.39, 0.29) is 28.9 Å². The number of rotatable bonds is 6. The molecule has 3 unspecified atom stereocenters. The molecule has 2 rings (SSSR count). The van der Waals surface area contributed by atoms with Crippen LogP contribution in [-0.2, 0) is 9.59 Å². The van der Waals surface area contributed by atoms with Crippen LogP contribution in [0.25, 0.3) is 0 Å². The molecule has 0 aliphatic carbocycles. The number of thioether (sulfide) groups is 1. The highest BCUT2D eigenvalue weighted by Gasteiger charge is 2.21. The number of aromatic nitrogens is 1. The van der Waals surface area contributed by atoms with E-state index in [2.05, 4.69) is 28.0 Å². The molecule has 0 spiro atoms. The molecule has 1 saturated heterocycles. The summed E-state index contributed by atoms with van der Waals surface area (Å²) in [6.45, 7) is 6.57. The maximum absolute atomic E-state index is 12.0. The number of amides is 2. The number of anilines is 1. The minimum atomic E-state index is -0.343. The Labute approximate surface area is 140 Å². The number of nitrogens with one attached hydrogen (secondary N) is 3. The monoisotopic (exact) mass is 340 g/mol. The van der Waals surface area contributed by atoms with E-state index in [0.29, 0.717) is 17.6 Å². The van der Waals surface area contributed by atoms with Crippen LogP contribution in [0.5, 0.6) is 0 Å². The summed E-state index contributed by atoms with van der Waals surface area (Å²) in [4.78, 5) is 24.0. The van der Waals surface area contributed by atoms with Crippen LogP contribution in [0, 0.1) is 6.92 Å². The van der Waals surface area contributed by atoms with E-state index in [4.69, 9.17) is 4.52 Å². The third-order valence-electron chi connectivity index (χ3n) is 3.70. The van der Waals surface area contributed by atoms with Gasteiger partial charge >= 0.3 is 0 Å². The normalized spacial score (nSPS) is 22.4. The molecule has 0 radical (unpaired) electrons. The van der Waals surface area contributed by atoms with Crippen LogP contribution in [0.4, 0.5) is 5.82 Å². The Morgan fingerprint density at radius 2 is 2.35 bits per heavy atom. The second-order valence-corrected chi connectivity index (χ2v) is 7.24. The molecule has 8 heteroatoms. The first-order valence-corrected chi connectivity index (χ1v) is 8.87. The van der Waals surface area contributed by atoms with E-state index < -0.39 is 0 Å². The van der Waals surface area contributed by atoms with Crippen LogP contribution in [0.15, 0.2) is 10.6 Å². The van der Waals surface area contributed by atoms with E-state index in [1.807, 2.05) is 0 Å². The Kier molecular flexibility index (Phi) is 6.47. The van der Waals surface area contributed by atoms with Crippen molar-refractivity contribution in [3.05, 3.63) is 11.8 Å². The lowest BCUT2D eigenvalue weighted by Gasteiger charge is -2.28. The minimum absolute atomic E-state index is 0.0222. The summed E-state index contributed by atoms with van der Waals surface area (Å²) in [5.74, 6) is 1.09. The van der Waals surface area contributed by atoms with Gasteiger partial charge in [0.25, 0.3) is 0 Å². The molecule has 3 atom stereocenters. The zero-order valence-corrected chi connectivity index (χ0v) is 14.5. The third-order valence-corrected chi connectivity index (χ3v) is 4.84. The van der Waals surface area contributed by atoms with Crippen molar-refractivity contribution < 1.29 is 14.1 Å². The van der Waals surface area contributed by atoms with Gasteiger partial charge in [-0.25, -0.2) is 0 Å². The summed E-state index contributed by atoms with van der Waals surface area (Å²) < 4.78 is 4.90. The molecule has 1 fully saturated rings. The summed E-state index contributed by atoms with van der Waals surface area (Å²) >= 11 is 1.31. The molecule has 1 aliphatic rings. The van der Waals surface area contributed by atoms with Gasteiger partial charge in [-0.15, -0.1) is 11.8 Å². The second-order valence-electron chi connectivity index (χ2n) is 5.91. The van der Waals surface area contributed by atoms with E-state index in [1.54, 1.807) is 19.9 Å². The van der Waals surface area contributed by atoms with Crippen molar-refractivity contribution >= 4 is 29.4 Å². The number of hydrogen-bond donors (Lipinski definition) is 3. The fraction of sp³-hybridized carbons (Fsp3) is 0.667. The predicted molar refractivity (Wildman–Crippen MR) is 90.4 cm³/mol. The van der Waals surface area contributed by atoms with Crippen LogP contribution in [0.2, 0.25) is 0 Å². The first-order valence-electron chi connectivity index (χ1n) is 7.82. The van der Waals surface area contributed by atoms with E-state index in [9.17, 15) is 9.59 Å². The fourth-order valence-electron chi connectivity index (χ4n) is 2.46. The smallest absolute Gasteiger partial charge is 0.238 e. The Hall–Kier alpha value is -1.54. The van der Waals surface area contributed by atoms with Gasteiger partial charge in [0.15, 0.2) is 5.82 Å². The predicted octanol–water partition coefficient (Wildman–Crippen LogP) is 1.30. The van der Waals surface area contributed by atoms with Crippen molar-refractivity contribution in [2.75, 3.05) is 17.6 Å². The van der Waals surface area contributed by atoms with Gasteiger partial charge in [-0.1, -0.05) is 5.16 Å². The summed E-state index contributed by atoms with van der Waals surface area (Å²) in [6, 6.07) is 2.30. The Morgan fingerprint density at radius 3 is 3.00 bits per heavy atom. The zero-order chi connectivity index (χ0) is 16.8. The first-order chi connectivity index (χ1) is 10.9. The van der Waals surface area contributed by atoms with Gasteiger partial charge in [0.2, 0.25) is 11.8 Å². The lowest BCUT2D eigenvalue weighted by atomic mass is 10.0. The highest BCUT2D eigenvalue weighted by atomic mass is 32.2. The number of carbonyl (C=O) groups is 2. The van der Waals surface area contributed by atoms with Crippen LogP contribution in [-0.4, -0.2) is 46.6 Å². The van der Waals surface area contributed by atoms with Gasteiger partial charge in [-0.05, 0) is 40.2 Å². The molecule has 3 N–H and O–H groups in total. The van der Waals surface area contributed by atoms with Crippen molar-refractivity contribution in [3.8, 4) is 0 Å². The van der Waals surface area contributed by atoms with Gasteiger partial charge < -0.3 is 20.5 Å². The number of nitrogens with zero attached hydrogens (tertiary/aromatic N) is 1. The average Bonchev–Trinajstić information content (AvgIpc) is 2.90. The van der Waals surface area contributed by atoms with Gasteiger partial charge in [0, 0.05) is 18.2 Å².